The summed E-state index contributed by atoms with van der Waals surface area (Å²) in [5.41, 5.74) is 6.41. The molecule has 0 aliphatic rings. The van der Waals surface area contributed by atoms with Crippen LogP contribution in [0.3, 0.4) is 0 Å². The summed E-state index contributed by atoms with van der Waals surface area (Å²) >= 11 is 1.38. The third-order valence-electron chi connectivity index (χ3n) is 4.77. The summed E-state index contributed by atoms with van der Waals surface area (Å²) in [6.07, 6.45) is 1.85. The van der Waals surface area contributed by atoms with Gasteiger partial charge < -0.3 is 9.67 Å². The van der Waals surface area contributed by atoms with Gasteiger partial charge in [0.2, 0.25) is 5.69 Å². The molecule has 0 saturated heterocycles. The number of thioether (sulfide) groups is 1. The zero-order chi connectivity index (χ0) is 19.7. The topological polar surface area (TPSA) is 46.6 Å². The van der Waals surface area contributed by atoms with Crippen molar-refractivity contribution in [1.29, 1.82) is 0 Å². The van der Waals surface area contributed by atoms with Crippen molar-refractivity contribution in [3.05, 3.63) is 70.7 Å². The summed E-state index contributed by atoms with van der Waals surface area (Å²) in [4.78, 5) is 15.5. The van der Waals surface area contributed by atoms with Crippen molar-refractivity contribution in [2.45, 2.75) is 18.9 Å². The van der Waals surface area contributed by atoms with E-state index in [1.54, 1.807) is 11.6 Å². The SMILES string of the molecule is [C-]#[N+]c1c(-c2ccc(-c3c(C)cccc3C)cc2)c(C(=O)O)n(C)c1SC. The zero-order valence-electron chi connectivity index (χ0n) is 15.7. The Morgan fingerprint density at radius 3 is 2.00 bits per heavy atom. The summed E-state index contributed by atoms with van der Waals surface area (Å²) < 4.78 is 1.59. The van der Waals surface area contributed by atoms with Crippen molar-refractivity contribution in [2.75, 3.05) is 6.26 Å². The molecule has 3 aromatic rings. The fourth-order valence-electron chi connectivity index (χ4n) is 3.58. The van der Waals surface area contributed by atoms with Crippen LogP contribution < -0.4 is 0 Å². The molecule has 0 aliphatic carbocycles. The average molecular weight is 376 g/mol. The summed E-state index contributed by atoms with van der Waals surface area (Å²) in [6, 6.07) is 14.0. The first-order valence-electron chi connectivity index (χ1n) is 8.45. The zero-order valence-corrected chi connectivity index (χ0v) is 16.5. The molecule has 2 aromatic carbocycles. The number of carboxylic acid groups (broad SMARTS) is 1. The van der Waals surface area contributed by atoms with Crippen LogP contribution in [0.15, 0.2) is 47.5 Å². The van der Waals surface area contributed by atoms with Gasteiger partial charge in [0, 0.05) is 12.6 Å². The fourth-order valence-corrected chi connectivity index (χ4v) is 4.29. The highest BCUT2D eigenvalue weighted by Gasteiger charge is 2.26. The van der Waals surface area contributed by atoms with E-state index in [0.29, 0.717) is 16.3 Å². The molecule has 0 saturated carbocycles. The lowest BCUT2D eigenvalue weighted by molar-refractivity contribution is 0.0686. The number of aryl methyl sites for hydroxylation is 2. The molecule has 1 aromatic heterocycles. The first-order valence-corrected chi connectivity index (χ1v) is 9.67. The molecule has 1 N–H and O–H groups in total. The van der Waals surface area contributed by atoms with E-state index in [2.05, 4.69) is 30.8 Å². The van der Waals surface area contributed by atoms with Crippen molar-refractivity contribution in [1.82, 2.24) is 4.57 Å². The molecule has 0 fully saturated rings. The molecule has 1 heterocycles. The van der Waals surface area contributed by atoms with Crippen LogP contribution in [0, 0.1) is 20.4 Å². The van der Waals surface area contributed by atoms with E-state index >= 15 is 0 Å². The van der Waals surface area contributed by atoms with Gasteiger partial charge in [0.25, 0.3) is 0 Å². The molecule has 3 rings (SSSR count). The van der Waals surface area contributed by atoms with Gasteiger partial charge in [-0.1, -0.05) is 42.5 Å². The maximum atomic E-state index is 11.9. The number of carboxylic acids is 1. The Kier molecular flexibility index (Phi) is 5.11. The third-order valence-corrected chi connectivity index (χ3v) is 5.62. The maximum absolute atomic E-state index is 11.9. The van der Waals surface area contributed by atoms with Gasteiger partial charge in [-0.05, 0) is 47.9 Å². The number of rotatable bonds is 4. The molecule has 0 amide bonds. The van der Waals surface area contributed by atoms with E-state index in [4.69, 9.17) is 6.57 Å². The van der Waals surface area contributed by atoms with E-state index < -0.39 is 5.97 Å². The van der Waals surface area contributed by atoms with Crippen molar-refractivity contribution in [2.24, 2.45) is 7.05 Å². The molecule has 0 spiro atoms. The van der Waals surface area contributed by atoms with Crippen molar-refractivity contribution in [3.63, 3.8) is 0 Å². The Bertz CT molecular complexity index is 1050. The fraction of sp³-hybridized carbons (Fsp3) is 0.182. The summed E-state index contributed by atoms with van der Waals surface area (Å²) in [5.74, 6) is -1.03. The second kappa shape index (κ2) is 7.34. The maximum Gasteiger partial charge on any atom is 0.351 e. The Balaban J connectivity index is 2.20. The van der Waals surface area contributed by atoms with Crippen LogP contribution in [0.2, 0.25) is 0 Å². The first kappa shape index (κ1) is 18.8. The summed E-state index contributed by atoms with van der Waals surface area (Å²) in [7, 11) is 1.69. The van der Waals surface area contributed by atoms with Crippen LogP contribution in [-0.2, 0) is 7.05 Å². The molecule has 27 heavy (non-hydrogen) atoms. The van der Waals surface area contributed by atoms with Gasteiger partial charge in [0.1, 0.15) is 5.69 Å². The first-order chi connectivity index (χ1) is 12.9. The van der Waals surface area contributed by atoms with Gasteiger partial charge in [0.15, 0.2) is 0 Å². The molecule has 4 nitrogen and oxygen atoms in total. The van der Waals surface area contributed by atoms with Crippen LogP contribution in [0.25, 0.3) is 27.1 Å². The average Bonchev–Trinajstić information content (AvgIpc) is 2.93. The van der Waals surface area contributed by atoms with Crippen LogP contribution in [-0.4, -0.2) is 21.9 Å². The number of carbonyl (C=O) groups is 1. The van der Waals surface area contributed by atoms with Crippen molar-refractivity contribution < 1.29 is 9.90 Å². The Morgan fingerprint density at radius 1 is 1.04 bits per heavy atom. The van der Waals surface area contributed by atoms with Gasteiger partial charge in [0.05, 0.1) is 11.6 Å². The highest BCUT2D eigenvalue weighted by Crippen LogP contribution is 2.43. The van der Waals surface area contributed by atoms with E-state index in [0.717, 1.165) is 11.1 Å². The second-order valence-corrected chi connectivity index (χ2v) is 7.20. The molecule has 0 radical (unpaired) electrons. The number of hydrogen-bond donors (Lipinski definition) is 1. The molecular weight excluding hydrogens is 356 g/mol. The van der Waals surface area contributed by atoms with Gasteiger partial charge in [-0.2, -0.15) is 0 Å². The molecule has 5 heteroatoms. The van der Waals surface area contributed by atoms with Crippen molar-refractivity contribution >= 4 is 23.4 Å². The molecule has 0 atom stereocenters. The second-order valence-electron chi connectivity index (χ2n) is 6.40. The van der Waals surface area contributed by atoms with E-state index in [1.807, 2.05) is 36.6 Å². The Morgan fingerprint density at radius 2 is 1.56 bits per heavy atom. The van der Waals surface area contributed by atoms with Gasteiger partial charge in [-0.3, -0.25) is 0 Å². The standard InChI is InChI=1S/C22H20N2O2S/c1-13-7-6-8-14(2)17(13)15-9-11-16(12-10-15)18-19(23-3)21(27-5)24(4)20(18)22(25)26/h6-12H,1-2,4-5H3,(H,25,26). The molecule has 0 bridgehead atoms. The summed E-state index contributed by atoms with van der Waals surface area (Å²) in [6.45, 7) is 11.7. The number of nitrogens with zero attached hydrogens (tertiary/aromatic N) is 2. The predicted molar refractivity (Wildman–Crippen MR) is 111 cm³/mol. The molecular formula is C22H20N2O2S. The summed E-state index contributed by atoms with van der Waals surface area (Å²) in [5, 5.41) is 10.4. The highest BCUT2D eigenvalue weighted by molar-refractivity contribution is 7.98. The van der Waals surface area contributed by atoms with Gasteiger partial charge in [-0.25, -0.2) is 9.64 Å². The normalized spacial score (nSPS) is 10.6. The monoisotopic (exact) mass is 376 g/mol. The number of hydrogen-bond acceptors (Lipinski definition) is 2. The smallest absolute Gasteiger partial charge is 0.351 e. The predicted octanol–water partition coefficient (Wildman–Crippen LogP) is 5.95. The van der Waals surface area contributed by atoms with Gasteiger partial charge in [-0.15, -0.1) is 11.8 Å². The third kappa shape index (κ3) is 3.13. The Labute approximate surface area is 163 Å². The van der Waals surface area contributed by atoms with E-state index in [-0.39, 0.29) is 5.69 Å². The van der Waals surface area contributed by atoms with E-state index in [1.165, 1.54) is 28.5 Å². The number of aromatic carboxylic acids is 1. The molecule has 0 aliphatic heterocycles. The minimum atomic E-state index is -1.03. The minimum Gasteiger partial charge on any atom is -0.477 e. The molecule has 0 unspecified atom stereocenters. The van der Waals surface area contributed by atoms with Crippen LogP contribution >= 0.6 is 11.8 Å². The quantitative estimate of drug-likeness (QED) is 0.452. The van der Waals surface area contributed by atoms with Crippen LogP contribution in [0.5, 0.6) is 0 Å². The number of benzene rings is 2. The van der Waals surface area contributed by atoms with E-state index in [9.17, 15) is 9.90 Å². The largest absolute Gasteiger partial charge is 0.477 e. The molecule has 136 valence electrons. The lowest BCUT2D eigenvalue weighted by atomic mass is 9.94. The highest BCUT2D eigenvalue weighted by atomic mass is 32.2. The Hall–Kier alpha value is -2.97. The van der Waals surface area contributed by atoms with Crippen LogP contribution in [0.4, 0.5) is 5.69 Å². The lowest BCUT2D eigenvalue weighted by Crippen LogP contribution is -2.06. The van der Waals surface area contributed by atoms with Gasteiger partial charge >= 0.3 is 5.97 Å². The van der Waals surface area contributed by atoms with Crippen molar-refractivity contribution in [3.8, 4) is 22.3 Å². The minimum absolute atomic E-state index is 0.144. The number of aromatic nitrogens is 1. The van der Waals surface area contributed by atoms with Crippen LogP contribution in [0.1, 0.15) is 21.6 Å². The lowest BCUT2D eigenvalue weighted by Gasteiger charge is -2.11.